The van der Waals surface area contributed by atoms with Gasteiger partial charge in [0.15, 0.2) is 0 Å². The van der Waals surface area contributed by atoms with Crippen molar-refractivity contribution in [1.82, 2.24) is 25.5 Å². The number of H-pyrrole nitrogens is 1. The number of hydrogen-bond donors (Lipinski definition) is 2. The lowest BCUT2D eigenvalue weighted by Gasteiger charge is -2.18. The molecule has 0 aliphatic carbocycles. The highest BCUT2D eigenvalue weighted by Gasteiger charge is 2.13. The van der Waals surface area contributed by atoms with Crippen LogP contribution in [0.2, 0.25) is 0 Å². The van der Waals surface area contributed by atoms with Gasteiger partial charge in [-0.1, -0.05) is 0 Å². The van der Waals surface area contributed by atoms with Crippen LogP contribution >= 0.6 is 0 Å². The highest BCUT2D eigenvalue weighted by molar-refractivity contribution is 5.14. The minimum atomic E-state index is -0.330. The summed E-state index contributed by atoms with van der Waals surface area (Å²) in [5.41, 5.74) is 0.802. The third kappa shape index (κ3) is 2.85. The molecule has 0 aromatic carbocycles. The summed E-state index contributed by atoms with van der Waals surface area (Å²) < 4.78 is 13.0. The van der Waals surface area contributed by atoms with Crippen LogP contribution in [0, 0.1) is 5.82 Å². The lowest BCUT2D eigenvalue weighted by Crippen LogP contribution is -2.23. The monoisotopic (exact) mass is 235 g/mol. The molecule has 2 unspecified atom stereocenters. The molecule has 2 heterocycles. The van der Waals surface area contributed by atoms with Crippen molar-refractivity contribution in [2.75, 3.05) is 0 Å². The Hall–Kier alpha value is -1.82. The maximum Gasteiger partial charge on any atom is 0.141 e. The van der Waals surface area contributed by atoms with Gasteiger partial charge in [-0.15, -0.1) is 0 Å². The van der Waals surface area contributed by atoms with E-state index in [4.69, 9.17) is 0 Å². The minimum Gasteiger partial charge on any atom is -0.301 e. The summed E-state index contributed by atoms with van der Waals surface area (Å²) in [6.07, 6.45) is 4.30. The number of nitrogens with one attached hydrogen (secondary N) is 2. The van der Waals surface area contributed by atoms with E-state index in [1.807, 2.05) is 13.8 Å². The zero-order valence-electron chi connectivity index (χ0n) is 9.68. The average Bonchev–Trinajstić information content (AvgIpc) is 2.82. The van der Waals surface area contributed by atoms with Gasteiger partial charge in [0.2, 0.25) is 0 Å². The van der Waals surface area contributed by atoms with E-state index < -0.39 is 0 Å². The van der Waals surface area contributed by atoms with Gasteiger partial charge in [0.05, 0.1) is 12.2 Å². The number of aromatic nitrogens is 4. The highest BCUT2D eigenvalue weighted by atomic mass is 19.1. The average molecular weight is 235 g/mol. The van der Waals surface area contributed by atoms with Crippen molar-refractivity contribution in [2.24, 2.45) is 0 Å². The van der Waals surface area contributed by atoms with Crippen LogP contribution in [0.4, 0.5) is 4.39 Å². The lowest BCUT2D eigenvalue weighted by molar-refractivity contribution is 0.474. The normalized spacial score (nSPS) is 14.5. The second-order valence-electron chi connectivity index (χ2n) is 3.92. The van der Waals surface area contributed by atoms with Crippen molar-refractivity contribution in [2.45, 2.75) is 25.9 Å². The Balaban J connectivity index is 2.04. The molecule has 2 aromatic rings. The fourth-order valence-electron chi connectivity index (χ4n) is 1.64. The Morgan fingerprint density at radius 3 is 2.76 bits per heavy atom. The van der Waals surface area contributed by atoms with Crippen molar-refractivity contribution in [3.05, 3.63) is 42.0 Å². The van der Waals surface area contributed by atoms with Gasteiger partial charge >= 0.3 is 0 Å². The standard InChI is InChI=1S/C11H14FN5/c1-7(9-3-10(12)5-13-4-9)16-8(2)11-14-6-15-17-11/h3-8,16H,1-2H3,(H,14,15,17). The molecular formula is C11H14FN5. The Bertz CT molecular complexity index is 470. The summed E-state index contributed by atoms with van der Waals surface area (Å²) in [7, 11) is 0. The number of nitrogens with zero attached hydrogens (tertiary/aromatic N) is 3. The highest BCUT2D eigenvalue weighted by Crippen LogP contribution is 2.16. The summed E-state index contributed by atoms with van der Waals surface area (Å²) in [5.74, 6) is 0.421. The van der Waals surface area contributed by atoms with E-state index in [9.17, 15) is 4.39 Å². The minimum absolute atomic E-state index is 0.00997. The first kappa shape index (κ1) is 11.7. The van der Waals surface area contributed by atoms with Crippen LogP contribution in [0.25, 0.3) is 0 Å². The zero-order valence-corrected chi connectivity index (χ0v) is 9.68. The first-order valence-corrected chi connectivity index (χ1v) is 5.38. The molecule has 0 aliphatic rings. The van der Waals surface area contributed by atoms with Crippen molar-refractivity contribution in [3.8, 4) is 0 Å². The molecule has 0 saturated carbocycles. The second kappa shape index (κ2) is 5.01. The maximum absolute atomic E-state index is 13.0. The van der Waals surface area contributed by atoms with Crippen LogP contribution in [0.5, 0.6) is 0 Å². The van der Waals surface area contributed by atoms with Crippen LogP contribution in [-0.4, -0.2) is 20.2 Å². The summed E-state index contributed by atoms with van der Waals surface area (Å²) in [5, 5.41) is 9.87. The van der Waals surface area contributed by atoms with E-state index in [1.54, 1.807) is 6.20 Å². The number of rotatable bonds is 4. The van der Waals surface area contributed by atoms with Gasteiger partial charge < -0.3 is 5.32 Å². The predicted molar refractivity (Wildman–Crippen MR) is 60.5 cm³/mol. The van der Waals surface area contributed by atoms with Crippen LogP contribution < -0.4 is 5.32 Å². The molecule has 17 heavy (non-hydrogen) atoms. The molecule has 0 aliphatic heterocycles. The SMILES string of the molecule is CC(NC(C)c1ncn[nH]1)c1cncc(F)c1. The summed E-state index contributed by atoms with van der Waals surface area (Å²) >= 11 is 0. The van der Waals surface area contributed by atoms with E-state index in [0.717, 1.165) is 11.4 Å². The topological polar surface area (TPSA) is 66.5 Å². The van der Waals surface area contributed by atoms with Gasteiger partial charge in [0, 0.05) is 12.2 Å². The summed E-state index contributed by atoms with van der Waals surface area (Å²) in [6, 6.07) is 1.46. The number of halogens is 1. The fourth-order valence-corrected chi connectivity index (χ4v) is 1.64. The zero-order chi connectivity index (χ0) is 12.3. The van der Waals surface area contributed by atoms with Crippen LogP contribution in [0.3, 0.4) is 0 Å². The molecule has 2 N–H and O–H groups in total. The first-order chi connectivity index (χ1) is 8.16. The largest absolute Gasteiger partial charge is 0.301 e. The van der Waals surface area contributed by atoms with Gasteiger partial charge in [-0.2, -0.15) is 5.10 Å². The molecule has 90 valence electrons. The molecule has 2 aromatic heterocycles. The molecule has 0 bridgehead atoms. The van der Waals surface area contributed by atoms with E-state index in [-0.39, 0.29) is 17.9 Å². The Kier molecular flexibility index (Phi) is 3.43. The molecule has 0 spiro atoms. The summed E-state index contributed by atoms with van der Waals surface area (Å²) in [4.78, 5) is 7.89. The van der Waals surface area contributed by atoms with E-state index >= 15 is 0 Å². The number of aromatic amines is 1. The van der Waals surface area contributed by atoms with Crippen LogP contribution in [0.15, 0.2) is 24.8 Å². The molecular weight excluding hydrogens is 221 g/mol. The third-order valence-electron chi connectivity index (χ3n) is 2.57. The van der Waals surface area contributed by atoms with Crippen molar-refractivity contribution >= 4 is 0 Å². The van der Waals surface area contributed by atoms with Gasteiger partial charge in [-0.25, -0.2) is 9.37 Å². The van der Waals surface area contributed by atoms with Gasteiger partial charge in [-0.3, -0.25) is 10.1 Å². The fraction of sp³-hybridized carbons (Fsp3) is 0.364. The Morgan fingerprint density at radius 1 is 1.29 bits per heavy atom. The van der Waals surface area contributed by atoms with Gasteiger partial charge in [0.25, 0.3) is 0 Å². The Morgan fingerprint density at radius 2 is 2.12 bits per heavy atom. The van der Waals surface area contributed by atoms with Gasteiger partial charge in [0.1, 0.15) is 18.0 Å². The van der Waals surface area contributed by atoms with E-state index in [1.165, 1.54) is 18.6 Å². The van der Waals surface area contributed by atoms with Gasteiger partial charge in [-0.05, 0) is 25.5 Å². The maximum atomic E-state index is 13.0. The first-order valence-electron chi connectivity index (χ1n) is 5.38. The number of pyridine rings is 1. The van der Waals surface area contributed by atoms with Crippen molar-refractivity contribution in [1.29, 1.82) is 0 Å². The summed E-state index contributed by atoms with van der Waals surface area (Å²) in [6.45, 7) is 3.91. The molecule has 0 radical (unpaired) electrons. The molecule has 0 saturated heterocycles. The lowest BCUT2D eigenvalue weighted by atomic mass is 10.1. The number of hydrogen-bond acceptors (Lipinski definition) is 4. The van der Waals surface area contributed by atoms with E-state index in [2.05, 4.69) is 25.5 Å². The molecule has 2 rings (SSSR count). The molecule has 0 fully saturated rings. The van der Waals surface area contributed by atoms with Crippen LogP contribution in [-0.2, 0) is 0 Å². The smallest absolute Gasteiger partial charge is 0.141 e. The molecule has 5 nitrogen and oxygen atoms in total. The van der Waals surface area contributed by atoms with Crippen molar-refractivity contribution < 1.29 is 4.39 Å². The molecule has 0 amide bonds. The Labute approximate surface area is 98.5 Å². The van der Waals surface area contributed by atoms with Crippen molar-refractivity contribution in [3.63, 3.8) is 0 Å². The molecule has 6 heteroatoms. The van der Waals surface area contributed by atoms with Crippen LogP contribution in [0.1, 0.15) is 37.3 Å². The third-order valence-corrected chi connectivity index (χ3v) is 2.57. The van der Waals surface area contributed by atoms with E-state index in [0.29, 0.717) is 0 Å². The molecule has 2 atom stereocenters. The second-order valence-corrected chi connectivity index (χ2v) is 3.92. The predicted octanol–water partition coefficient (Wildman–Crippen LogP) is 1.75. The quantitative estimate of drug-likeness (QED) is 0.847.